The third-order valence-electron chi connectivity index (χ3n) is 5.73. The Morgan fingerprint density at radius 3 is 2.17 bits per heavy atom. The first-order valence-corrected chi connectivity index (χ1v) is 12.6. The van der Waals surface area contributed by atoms with Gasteiger partial charge in [-0.1, -0.05) is 80.1 Å². The molecule has 0 N–H and O–H groups in total. The normalized spacial score (nSPS) is 18.4. The van der Waals surface area contributed by atoms with Crippen molar-refractivity contribution in [2.75, 3.05) is 0 Å². The van der Waals surface area contributed by atoms with Gasteiger partial charge < -0.3 is 4.74 Å². The van der Waals surface area contributed by atoms with Crippen LogP contribution >= 0.6 is 0 Å². The van der Waals surface area contributed by atoms with Crippen LogP contribution in [0.2, 0.25) is 0 Å². The van der Waals surface area contributed by atoms with E-state index in [2.05, 4.69) is 35.3 Å². The highest BCUT2D eigenvalue weighted by Gasteiger charge is 2.38. The van der Waals surface area contributed by atoms with Gasteiger partial charge in [0.05, 0.1) is 4.90 Å². The molecule has 1 aliphatic heterocycles. The maximum Gasteiger partial charge on any atom is 0.205 e. The number of nitrogens with zero attached hydrogens (tertiary/aromatic N) is 1. The van der Waals surface area contributed by atoms with Gasteiger partial charge in [-0.15, -0.1) is 0 Å². The zero-order valence-electron chi connectivity index (χ0n) is 17.9. The molecule has 30 heavy (non-hydrogen) atoms. The molecular formula is C25H33NO3S. The number of unbranched alkanes of at least 4 members (excludes halogenated alkanes) is 6. The second-order valence-corrected chi connectivity index (χ2v) is 10.2. The lowest BCUT2D eigenvalue weighted by Gasteiger charge is -2.17. The number of benzene rings is 2. The molecule has 162 valence electrons. The first kappa shape index (κ1) is 22.5. The molecule has 2 aromatic rings. The van der Waals surface area contributed by atoms with Gasteiger partial charge in [-0.05, 0) is 50.3 Å². The van der Waals surface area contributed by atoms with Crippen LogP contribution in [0.25, 0.3) is 0 Å². The molecule has 0 saturated carbocycles. The number of hydrogen-bond donors (Lipinski definition) is 0. The number of sulfone groups is 1. The molecule has 2 aromatic carbocycles. The number of rotatable bonds is 12. The van der Waals surface area contributed by atoms with Gasteiger partial charge >= 0.3 is 0 Å². The maximum atomic E-state index is 12.9. The van der Waals surface area contributed by atoms with E-state index in [-0.39, 0.29) is 6.10 Å². The maximum absolute atomic E-state index is 12.9. The van der Waals surface area contributed by atoms with E-state index in [4.69, 9.17) is 4.74 Å². The molecule has 0 unspecified atom stereocenters. The van der Waals surface area contributed by atoms with Crippen LogP contribution in [0.15, 0.2) is 64.5 Å². The van der Waals surface area contributed by atoms with Crippen molar-refractivity contribution in [1.29, 1.82) is 0 Å². The van der Waals surface area contributed by atoms with Crippen LogP contribution in [0.1, 0.15) is 62.5 Å². The Hall–Kier alpha value is -2.14. The van der Waals surface area contributed by atoms with Crippen LogP contribution in [-0.2, 0) is 21.0 Å². The Labute approximate surface area is 181 Å². The van der Waals surface area contributed by atoms with Crippen LogP contribution in [0.4, 0.5) is 0 Å². The van der Waals surface area contributed by atoms with Crippen LogP contribution in [0.5, 0.6) is 0 Å². The van der Waals surface area contributed by atoms with Gasteiger partial charge in [0, 0.05) is 0 Å². The van der Waals surface area contributed by atoms with Crippen molar-refractivity contribution in [3.63, 3.8) is 0 Å². The van der Waals surface area contributed by atoms with E-state index in [9.17, 15) is 8.42 Å². The molecule has 5 heteroatoms. The molecule has 3 rings (SSSR count). The lowest BCUT2D eigenvalue weighted by Crippen LogP contribution is -2.30. The molecule has 0 saturated heterocycles. The molecule has 2 atom stereocenters. The van der Waals surface area contributed by atoms with Gasteiger partial charge in [-0.3, -0.25) is 0 Å². The summed E-state index contributed by atoms with van der Waals surface area (Å²) in [6, 6.07) is 17.6. The first-order valence-electron chi connectivity index (χ1n) is 11.1. The van der Waals surface area contributed by atoms with Crippen molar-refractivity contribution in [2.45, 2.75) is 81.1 Å². The Balaban J connectivity index is 1.31. The van der Waals surface area contributed by atoms with Gasteiger partial charge in [-0.2, -0.15) is 0 Å². The number of aliphatic imine (C=N–C) groups is 1. The zero-order chi connectivity index (χ0) is 21.2. The van der Waals surface area contributed by atoms with Crippen molar-refractivity contribution in [3.8, 4) is 0 Å². The van der Waals surface area contributed by atoms with Gasteiger partial charge in [0.15, 0.2) is 11.8 Å². The van der Waals surface area contributed by atoms with Crippen LogP contribution < -0.4 is 0 Å². The van der Waals surface area contributed by atoms with Crippen molar-refractivity contribution in [1.82, 2.24) is 0 Å². The fourth-order valence-electron chi connectivity index (χ4n) is 3.90. The highest BCUT2D eigenvalue weighted by Crippen LogP contribution is 2.27. The molecule has 0 bridgehead atoms. The van der Waals surface area contributed by atoms with E-state index in [1.165, 1.54) is 44.1 Å². The Bertz CT molecular complexity index is 892. The average molecular weight is 428 g/mol. The van der Waals surface area contributed by atoms with E-state index in [1.807, 2.05) is 19.1 Å². The minimum Gasteiger partial charge on any atom is -0.477 e. The highest BCUT2D eigenvalue weighted by molar-refractivity contribution is 7.92. The molecule has 0 aliphatic carbocycles. The predicted molar refractivity (Wildman–Crippen MR) is 123 cm³/mol. The van der Waals surface area contributed by atoms with Crippen LogP contribution in [0, 0.1) is 6.92 Å². The van der Waals surface area contributed by atoms with Gasteiger partial charge in [-0.25, -0.2) is 13.4 Å². The summed E-state index contributed by atoms with van der Waals surface area (Å²) < 4.78 is 31.3. The Morgan fingerprint density at radius 1 is 0.833 bits per heavy atom. The quantitative estimate of drug-likeness (QED) is 0.397. The SMILES string of the molecule is Cc1ccc(S(=O)(=O)[C@@H]2N=CO[C@H]2CCCCCCCCCc2ccccc2)cc1. The molecular weight excluding hydrogens is 394 g/mol. The summed E-state index contributed by atoms with van der Waals surface area (Å²) in [5.74, 6) is 0. The standard InChI is InChI=1S/C25H33NO3S/c1-21-16-18-23(19-17-21)30(27,28)25-24(29-20-26-25)15-11-6-4-2-3-5-8-12-22-13-9-7-10-14-22/h7,9-10,13-14,16-20,24-25H,2-6,8,11-12,15H2,1H3/t24-,25-/m0/s1. The van der Waals surface area contributed by atoms with Crippen LogP contribution in [-0.4, -0.2) is 26.3 Å². The lowest BCUT2D eigenvalue weighted by atomic mass is 10.0. The molecule has 0 aromatic heterocycles. The Morgan fingerprint density at radius 2 is 1.47 bits per heavy atom. The summed E-state index contributed by atoms with van der Waals surface area (Å²) in [4.78, 5) is 4.45. The fraction of sp³-hybridized carbons (Fsp3) is 0.480. The zero-order valence-corrected chi connectivity index (χ0v) is 18.7. The van der Waals surface area contributed by atoms with Gasteiger partial charge in [0.1, 0.15) is 6.10 Å². The second kappa shape index (κ2) is 11.3. The van der Waals surface area contributed by atoms with E-state index >= 15 is 0 Å². The fourth-order valence-corrected chi connectivity index (χ4v) is 5.50. The number of ether oxygens (including phenoxy) is 1. The molecule has 4 nitrogen and oxygen atoms in total. The lowest BCUT2D eigenvalue weighted by molar-refractivity contribution is 0.205. The molecule has 0 spiro atoms. The second-order valence-electron chi connectivity index (χ2n) is 8.18. The number of aryl methyl sites for hydroxylation is 2. The Kier molecular flexibility index (Phi) is 8.50. The summed E-state index contributed by atoms with van der Waals surface area (Å²) in [6.45, 7) is 1.94. The summed E-state index contributed by atoms with van der Waals surface area (Å²) in [6.07, 6.45) is 11.1. The molecule has 0 fully saturated rings. The monoisotopic (exact) mass is 427 g/mol. The van der Waals surface area contributed by atoms with Crippen molar-refractivity contribution >= 4 is 16.2 Å². The van der Waals surface area contributed by atoms with Crippen molar-refractivity contribution in [3.05, 3.63) is 65.7 Å². The minimum atomic E-state index is -3.51. The van der Waals surface area contributed by atoms with Crippen molar-refractivity contribution < 1.29 is 13.2 Å². The molecule has 1 aliphatic rings. The van der Waals surface area contributed by atoms with E-state index in [1.54, 1.807) is 12.1 Å². The first-order chi connectivity index (χ1) is 14.6. The summed E-state index contributed by atoms with van der Waals surface area (Å²) in [5.41, 5.74) is 2.46. The third kappa shape index (κ3) is 6.43. The van der Waals surface area contributed by atoms with E-state index in [0.717, 1.165) is 31.2 Å². The average Bonchev–Trinajstić information content (AvgIpc) is 3.23. The highest BCUT2D eigenvalue weighted by atomic mass is 32.2. The predicted octanol–water partition coefficient (Wildman–Crippen LogP) is 5.89. The largest absolute Gasteiger partial charge is 0.477 e. The van der Waals surface area contributed by atoms with E-state index < -0.39 is 15.2 Å². The van der Waals surface area contributed by atoms with Gasteiger partial charge in [0.25, 0.3) is 0 Å². The molecule has 0 radical (unpaired) electrons. The smallest absolute Gasteiger partial charge is 0.205 e. The number of hydrogen-bond acceptors (Lipinski definition) is 4. The molecule has 1 heterocycles. The topological polar surface area (TPSA) is 55.7 Å². The third-order valence-corrected chi connectivity index (χ3v) is 7.72. The summed E-state index contributed by atoms with van der Waals surface area (Å²) >= 11 is 0. The van der Waals surface area contributed by atoms with Crippen LogP contribution in [0.3, 0.4) is 0 Å². The van der Waals surface area contributed by atoms with Gasteiger partial charge in [0.2, 0.25) is 9.84 Å². The summed E-state index contributed by atoms with van der Waals surface area (Å²) in [5, 5.41) is -0.821. The van der Waals surface area contributed by atoms with Crippen molar-refractivity contribution in [2.24, 2.45) is 4.99 Å². The molecule has 0 amide bonds. The van der Waals surface area contributed by atoms with E-state index in [0.29, 0.717) is 4.90 Å². The summed E-state index contributed by atoms with van der Waals surface area (Å²) in [7, 11) is -3.51. The minimum absolute atomic E-state index is 0.321.